The molecule has 0 amide bonds. The number of benzene rings is 1. The van der Waals surface area contributed by atoms with Crippen molar-refractivity contribution in [2.24, 2.45) is 5.92 Å². The van der Waals surface area contributed by atoms with Crippen LogP contribution in [0.3, 0.4) is 0 Å². The van der Waals surface area contributed by atoms with Crippen LogP contribution < -0.4 is 5.32 Å². The van der Waals surface area contributed by atoms with Crippen molar-refractivity contribution in [3.05, 3.63) is 42.2 Å². The average molecular weight is 217 g/mol. The van der Waals surface area contributed by atoms with E-state index >= 15 is 0 Å². The van der Waals surface area contributed by atoms with Crippen molar-refractivity contribution in [1.82, 2.24) is 0 Å². The number of hydrogen-bond acceptors (Lipinski definition) is 2. The first kappa shape index (κ1) is 11.1. The van der Waals surface area contributed by atoms with Crippen LogP contribution in [0.5, 0.6) is 0 Å². The second-order valence-electron chi connectivity index (χ2n) is 4.30. The molecule has 0 aromatic heterocycles. The van der Waals surface area contributed by atoms with Gasteiger partial charge in [0.05, 0.1) is 12.4 Å². The summed E-state index contributed by atoms with van der Waals surface area (Å²) in [7, 11) is 0. The van der Waals surface area contributed by atoms with Gasteiger partial charge in [0.2, 0.25) is 0 Å². The summed E-state index contributed by atoms with van der Waals surface area (Å²) in [5.41, 5.74) is 2.60. The lowest BCUT2D eigenvalue weighted by atomic mass is 9.87. The zero-order chi connectivity index (χ0) is 11.5. The van der Waals surface area contributed by atoms with Crippen molar-refractivity contribution in [1.29, 1.82) is 0 Å². The minimum absolute atomic E-state index is 0.370. The smallest absolute Gasteiger partial charge is 0.0942 e. The molecule has 2 atom stereocenters. The highest BCUT2D eigenvalue weighted by Crippen LogP contribution is 2.31. The highest BCUT2D eigenvalue weighted by Gasteiger charge is 2.27. The molecule has 2 unspecified atom stereocenters. The Morgan fingerprint density at radius 2 is 2.25 bits per heavy atom. The summed E-state index contributed by atoms with van der Waals surface area (Å²) in [4.78, 5) is 0. The van der Waals surface area contributed by atoms with Crippen molar-refractivity contribution in [3.63, 3.8) is 0 Å². The van der Waals surface area contributed by atoms with Crippen molar-refractivity contribution in [3.8, 4) is 0 Å². The molecule has 2 nitrogen and oxygen atoms in total. The summed E-state index contributed by atoms with van der Waals surface area (Å²) in [5.74, 6) is 1.27. The highest BCUT2D eigenvalue weighted by molar-refractivity contribution is 5.54. The third-order valence-electron chi connectivity index (χ3n) is 3.19. The quantitative estimate of drug-likeness (QED) is 0.785. The van der Waals surface area contributed by atoms with E-state index in [1.807, 2.05) is 6.92 Å². The molecule has 1 heterocycles. The molecule has 1 aromatic carbocycles. The average Bonchev–Trinajstić information content (AvgIpc) is 2.28. The molecule has 1 aromatic rings. The van der Waals surface area contributed by atoms with Gasteiger partial charge in [0, 0.05) is 17.6 Å². The molecule has 2 heteroatoms. The van der Waals surface area contributed by atoms with E-state index in [0.29, 0.717) is 18.6 Å². The van der Waals surface area contributed by atoms with Crippen LogP contribution in [0.15, 0.2) is 36.6 Å². The SMILES string of the molecule is C=C(OCC)C1Cc2ccccc2NC1C. The topological polar surface area (TPSA) is 21.3 Å². The van der Waals surface area contributed by atoms with E-state index in [2.05, 4.69) is 43.1 Å². The molecular weight excluding hydrogens is 198 g/mol. The van der Waals surface area contributed by atoms with Crippen LogP contribution >= 0.6 is 0 Å². The minimum Gasteiger partial charge on any atom is -0.498 e. The maximum atomic E-state index is 5.53. The number of anilines is 1. The lowest BCUT2D eigenvalue weighted by Gasteiger charge is -2.33. The van der Waals surface area contributed by atoms with E-state index in [9.17, 15) is 0 Å². The Labute approximate surface area is 97.3 Å². The molecule has 1 N–H and O–H groups in total. The molecule has 0 spiro atoms. The van der Waals surface area contributed by atoms with Crippen LogP contribution in [0.4, 0.5) is 5.69 Å². The van der Waals surface area contributed by atoms with Gasteiger partial charge in [-0.3, -0.25) is 0 Å². The van der Waals surface area contributed by atoms with Gasteiger partial charge >= 0.3 is 0 Å². The number of fused-ring (bicyclic) bond motifs is 1. The van der Waals surface area contributed by atoms with Crippen LogP contribution in [-0.2, 0) is 11.2 Å². The summed E-state index contributed by atoms with van der Waals surface area (Å²) >= 11 is 0. The Morgan fingerprint density at radius 3 is 3.00 bits per heavy atom. The molecule has 0 radical (unpaired) electrons. The van der Waals surface area contributed by atoms with E-state index in [1.165, 1.54) is 11.3 Å². The fourth-order valence-corrected chi connectivity index (χ4v) is 2.28. The van der Waals surface area contributed by atoms with E-state index in [-0.39, 0.29) is 0 Å². The second-order valence-corrected chi connectivity index (χ2v) is 4.30. The maximum absolute atomic E-state index is 5.53. The van der Waals surface area contributed by atoms with Crippen LogP contribution in [0.2, 0.25) is 0 Å². The largest absolute Gasteiger partial charge is 0.498 e. The van der Waals surface area contributed by atoms with Gasteiger partial charge in [-0.15, -0.1) is 0 Å². The Hall–Kier alpha value is -1.44. The van der Waals surface area contributed by atoms with Gasteiger partial charge in [-0.2, -0.15) is 0 Å². The third-order valence-corrected chi connectivity index (χ3v) is 3.19. The van der Waals surface area contributed by atoms with Gasteiger partial charge in [-0.25, -0.2) is 0 Å². The van der Waals surface area contributed by atoms with Crippen LogP contribution in [0.1, 0.15) is 19.4 Å². The van der Waals surface area contributed by atoms with Gasteiger partial charge in [-0.05, 0) is 31.9 Å². The monoisotopic (exact) mass is 217 g/mol. The third kappa shape index (κ3) is 2.06. The Bertz CT molecular complexity index is 386. The van der Waals surface area contributed by atoms with Crippen LogP contribution in [0, 0.1) is 5.92 Å². The molecule has 0 bridgehead atoms. The van der Waals surface area contributed by atoms with Crippen molar-refractivity contribution < 1.29 is 4.74 Å². The Kier molecular flexibility index (Phi) is 3.18. The number of rotatable bonds is 3. The summed E-state index contributed by atoms with van der Waals surface area (Å²) in [6, 6.07) is 8.83. The molecule has 0 saturated heterocycles. The van der Waals surface area contributed by atoms with Crippen LogP contribution in [0.25, 0.3) is 0 Å². The van der Waals surface area contributed by atoms with Gasteiger partial charge in [-0.1, -0.05) is 24.8 Å². The fraction of sp³-hybridized carbons (Fsp3) is 0.429. The number of ether oxygens (including phenoxy) is 1. The summed E-state index contributed by atoms with van der Waals surface area (Å²) in [5, 5.41) is 3.51. The van der Waals surface area contributed by atoms with Crippen molar-refractivity contribution >= 4 is 5.69 Å². The molecule has 86 valence electrons. The van der Waals surface area contributed by atoms with Crippen LogP contribution in [-0.4, -0.2) is 12.6 Å². The molecule has 1 aliphatic heterocycles. The first-order valence-electron chi connectivity index (χ1n) is 5.88. The first-order valence-corrected chi connectivity index (χ1v) is 5.88. The van der Waals surface area contributed by atoms with Gasteiger partial charge < -0.3 is 10.1 Å². The fourth-order valence-electron chi connectivity index (χ4n) is 2.28. The van der Waals surface area contributed by atoms with E-state index in [0.717, 1.165) is 12.2 Å². The second kappa shape index (κ2) is 4.60. The Balaban J connectivity index is 2.18. The molecule has 2 rings (SSSR count). The predicted octanol–water partition coefficient (Wildman–Crippen LogP) is 3.21. The zero-order valence-electron chi connectivity index (χ0n) is 9.99. The maximum Gasteiger partial charge on any atom is 0.0942 e. The molecule has 0 fully saturated rings. The molecule has 0 saturated carbocycles. The van der Waals surface area contributed by atoms with Crippen molar-refractivity contribution in [2.45, 2.75) is 26.3 Å². The van der Waals surface area contributed by atoms with E-state index < -0.39 is 0 Å². The van der Waals surface area contributed by atoms with E-state index in [1.54, 1.807) is 0 Å². The predicted molar refractivity (Wildman–Crippen MR) is 67.5 cm³/mol. The zero-order valence-corrected chi connectivity index (χ0v) is 9.99. The van der Waals surface area contributed by atoms with E-state index in [4.69, 9.17) is 4.74 Å². The van der Waals surface area contributed by atoms with Gasteiger partial charge in [0.15, 0.2) is 0 Å². The molecule has 16 heavy (non-hydrogen) atoms. The van der Waals surface area contributed by atoms with Crippen molar-refractivity contribution in [2.75, 3.05) is 11.9 Å². The normalized spacial score (nSPS) is 23.1. The van der Waals surface area contributed by atoms with Gasteiger partial charge in [0.1, 0.15) is 0 Å². The Morgan fingerprint density at radius 1 is 1.50 bits per heavy atom. The van der Waals surface area contributed by atoms with Gasteiger partial charge in [0.25, 0.3) is 0 Å². The standard InChI is InChI=1S/C14H19NO/c1-4-16-11(3)13-9-12-7-5-6-8-14(12)15-10(13)2/h5-8,10,13,15H,3-4,9H2,1-2H3. The summed E-state index contributed by atoms with van der Waals surface area (Å²) in [6.07, 6.45) is 1.02. The number of para-hydroxylation sites is 1. The number of hydrogen-bond donors (Lipinski definition) is 1. The molecular formula is C14H19NO. The summed E-state index contributed by atoms with van der Waals surface area (Å²) in [6.45, 7) is 8.91. The first-order chi connectivity index (χ1) is 7.72. The summed E-state index contributed by atoms with van der Waals surface area (Å²) < 4.78 is 5.53. The lowest BCUT2D eigenvalue weighted by molar-refractivity contribution is 0.184. The lowest BCUT2D eigenvalue weighted by Crippen LogP contribution is -2.34. The highest BCUT2D eigenvalue weighted by atomic mass is 16.5. The molecule has 0 aliphatic carbocycles. The minimum atomic E-state index is 0.370. The number of nitrogens with one attached hydrogen (secondary N) is 1. The molecule has 1 aliphatic rings.